The third kappa shape index (κ3) is 4.07. The van der Waals surface area contributed by atoms with Gasteiger partial charge in [-0.3, -0.25) is 4.79 Å². The lowest BCUT2D eigenvalue weighted by Crippen LogP contribution is -2.70. The van der Waals surface area contributed by atoms with E-state index in [1.807, 2.05) is 0 Å². The molecule has 0 bridgehead atoms. The molecule has 0 unspecified atom stereocenters. The number of carbonyl (C=O) groups excluding carboxylic acids is 1. The first-order chi connectivity index (χ1) is 11.2. The Labute approximate surface area is 149 Å². The van der Waals surface area contributed by atoms with Crippen molar-refractivity contribution in [1.29, 1.82) is 0 Å². The Balaban J connectivity index is 5.81. The van der Waals surface area contributed by atoms with Crippen molar-refractivity contribution in [1.82, 2.24) is 5.32 Å². The van der Waals surface area contributed by atoms with Crippen LogP contribution in [0.25, 0.3) is 0 Å². The number of rotatable bonds is 8. The molecule has 0 spiro atoms. The van der Waals surface area contributed by atoms with Gasteiger partial charge in [-0.1, -0.05) is 22.6 Å². The van der Waals surface area contributed by atoms with E-state index < -0.39 is 59.1 Å². The van der Waals surface area contributed by atoms with E-state index in [1.165, 1.54) is 27.9 Å². The minimum atomic E-state index is -7.91. The summed E-state index contributed by atoms with van der Waals surface area (Å²) in [5.41, 5.74) is 0. The summed E-state index contributed by atoms with van der Waals surface area (Å²) in [5, 5.41) is 1.48. The Hall–Kier alpha value is -0.710. The minimum Gasteiger partial charge on any atom is -0.355 e. The van der Waals surface area contributed by atoms with E-state index in [2.05, 4.69) is 0 Å². The number of carbonyl (C=O) groups is 1. The first-order valence-corrected chi connectivity index (χ1v) is 7.51. The SMILES string of the molecule is O=C(CI)NCCC(F)(F)C(F)(F)C(F)(F)C(F)(F)C(F)(F)C(F)(F)F. The van der Waals surface area contributed by atoms with Crippen LogP contribution in [0.4, 0.5) is 57.1 Å². The highest BCUT2D eigenvalue weighted by atomic mass is 127. The van der Waals surface area contributed by atoms with E-state index in [0.717, 1.165) is 0 Å². The maximum absolute atomic E-state index is 13.2. The highest BCUT2D eigenvalue weighted by molar-refractivity contribution is 14.1. The van der Waals surface area contributed by atoms with Gasteiger partial charge in [-0.2, -0.15) is 57.1 Å². The number of hydrogen-bond donors (Lipinski definition) is 1. The second-order valence-corrected chi connectivity index (χ2v) is 5.50. The molecule has 0 saturated carbocycles. The molecule has 0 atom stereocenters. The van der Waals surface area contributed by atoms with Crippen LogP contribution < -0.4 is 5.32 Å². The predicted octanol–water partition coefficient (Wildman–Crippen LogP) is 4.67. The van der Waals surface area contributed by atoms with E-state index in [9.17, 15) is 61.9 Å². The van der Waals surface area contributed by atoms with Crippen LogP contribution in [0, 0.1) is 0 Å². The van der Waals surface area contributed by atoms with Crippen molar-refractivity contribution in [3.8, 4) is 0 Å². The van der Waals surface area contributed by atoms with Crippen LogP contribution in [-0.2, 0) is 4.79 Å². The molecule has 0 aliphatic rings. The Morgan fingerprint density at radius 2 is 1.08 bits per heavy atom. The van der Waals surface area contributed by atoms with Crippen LogP contribution in [0.15, 0.2) is 0 Å². The van der Waals surface area contributed by atoms with Crippen molar-refractivity contribution in [2.45, 2.75) is 42.2 Å². The van der Waals surface area contributed by atoms with E-state index in [1.54, 1.807) is 0 Å². The maximum atomic E-state index is 13.2. The maximum Gasteiger partial charge on any atom is 0.460 e. The van der Waals surface area contributed by atoms with Crippen LogP contribution in [0.3, 0.4) is 0 Å². The molecule has 0 aliphatic carbocycles. The molecule has 0 aliphatic heterocycles. The molecular formula is C10H7F13INO. The second kappa shape index (κ2) is 7.37. The summed E-state index contributed by atoms with van der Waals surface area (Å²) in [7, 11) is 0. The van der Waals surface area contributed by atoms with Gasteiger partial charge in [0.15, 0.2) is 0 Å². The number of alkyl halides is 14. The topological polar surface area (TPSA) is 29.1 Å². The first-order valence-electron chi connectivity index (χ1n) is 5.99. The van der Waals surface area contributed by atoms with E-state index in [0.29, 0.717) is 0 Å². The van der Waals surface area contributed by atoms with Crippen molar-refractivity contribution >= 4 is 28.5 Å². The van der Waals surface area contributed by atoms with Crippen LogP contribution >= 0.6 is 22.6 Å². The molecule has 2 nitrogen and oxygen atoms in total. The van der Waals surface area contributed by atoms with Gasteiger partial charge in [-0.15, -0.1) is 0 Å². The lowest BCUT2D eigenvalue weighted by Gasteiger charge is -2.39. The van der Waals surface area contributed by atoms with Gasteiger partial charge in [0.1, 0.15) is 0 Å². The number of nitrogens with one attached hydrogen (secondary N) is 1. The summed E-state index contributed by atoms with van der Waals surface area (Å²) in [6, 6.07) is 0. The van der Waals surface area contributed by atoms with Crippen molar-refractivity contribution in [2.75, 3.05) is 11.0 Å². The minimum absolute atomic E-state index is 0.397. The Bertz CT molecular complexity index is 516. The molecule has 16 heteroatoms. The van der Waals surface area contributed by atoms with Gasteiger partial charge in [-0.25, -0.2) is 0 Å². The molecular weight excluding hydrogens is 524 g/mol. The summed E-state index contributed by atoms with van der Waals surface area (Å²) >= 11 is 1.37. The zero-order valence-corrected chi connectivity index (χ0v) is 14.0. The van der Waals surface area contributed by atoms with Gasteiger partial charge in [0.2, 0.25) is 5.91 Å². The molecule has 0 heterocycles. The fourth-order valence-electron chi connectivity index (χ4n) is 1.37. The van der Waals surface area contributed by atoms with E-state index in [-0.39, 0.29) is 0 Å². The number of amides is 1. The van der Waals surface area contributed by atoms with Crippen LogP contribution in [-0.4, -0.2) is 52.7 Å². The Morgan fingerprint density at radius 3 is 1.42 bits per heavy atom. The number of hydrogen-bond acceptors (Lipinski definition) is 1. The second-order valence-electron chi connectivity index (χ2n) is 4.73. The summed E-state index contributed by atoms with van der Waals surface area (Å²) < 4.78 is 165. The third-order valence-electron chi connectivity index (χ3n) is 2.88. The molecule has 1 N–H and O–H groups in total. The van der Waals surface area contributed by atoms with Crippen molar-refractivity contribution in [3.63, 3.8) is 0 Å². The third-order valence-corrected chi connectivity index (χ3v) is 3.57. The smallest absolute Gasteiger partial charge is 0.355 e. The van der Waals surface area contributed by atoms with Gasteiger partial charge in [0, 0.05) is 13.0 Å². The molecule has 0 saturated heterocycles. The average Bonchev–Trinajstić information content (AvgIpc) is 2.44. The molecule has 0 aromatic heterocycles. The van der Waals surface area contributed by atoms with Crippen molar-refractivity contribution in [3.05, 3.63) is 0 Å². The predicted molar refractivity (Wildman–Crippen MR) is 67.3 cm³/mol. The molecule has 0 rings (SSSR count). The van der Waals surface area contributed by atoms with E-state index >= 15 is 0 Å². The fourth-order valence-corrected chi connectivity index (χ4v) is 1.63. The molecule has 0 aromatic rings. The van der Waals surface area contributed by atoms with Gasteiger partial charge >= 0.3 is 35.8 Å². The highest BCUT2D eigenvalue weighted by Gasteiger charge is 2.90. The molecule has 0 radical (unpaired) electrons. The lowest BCUT2D eigenvalue weighted by molar-refractivity contribution is -0.440. The monoisotopic (exact) mass is 531 g/mol. The standard InChI is InChI=1S/C10H7F13INO/c11-5(12,1-2-25-4(26)3-24)6(13,14)7(15,16)8(17,18)9(19,20)10(21,22)23/h1-3H2,(H,25,26). The van der Waals surface area contributed by atoms with Gasteiger partial charge in [0.05, 0.1) is 4.43 Å². The number of halogens is 14. The molecule has 0 aromatic carbocycles. The lowest BCUT2D eigenvalue weighted by atomic mass is 9.92. The fraction of sp³-hybridized carbons (Fsp3) is 0.900. The van der Waals surface area contributed by atoms with Crippen molar-refractivity contribution < 1.29 is 61.9 Å². The highest BCUT2D eigenvalue weighted by Crippen LogP contribution is 2.60. The van der Waals surface area contributed by atoms with Crippen LogP contribution in [0.5, 0.6) is 0 Å². The van der Waals surface area contributed by atoms with Crippen LogP contribution in [0.2, 0.25) is 0 Å². The molecule has 1 amide bonds. The Kier molecular flexibility index (Phi) is 7.17. The zero-order valence-electron chi connectivity index (χ0n) is 11.8. The molecule has 156 valence electrons. The normalized spacial score (nSPS) is 15.2. The molecule has 0 fully saturated rings. The first kappa shape index (κ1) is 25.3. The van der Waals surface area contributed by atoms with Crippen molar-refractivity contribution in [2.24, 2.45) is 0 Å². The van der Waals surface area contributed by atoms with Crippen LogP contribution in [0.1, 0.15) is 6.42 Å². The van der Waals surface area contributed by atoms with Gasteiger partial charge in [-0.05, 0) is 0 Å². The largest absolute Gasteiger partial charge is 0.460 e. The van der Waals surface area contributed by atoms with Gasteiger partial charge < -0.3 is 5.32 Å². The van der Waals surface area contributed by atoms with E-state index in [4.69, 9.17) is 0 Å². The summed E-state index contributed by atoms with van der Waals surface area (Å²) in [5.74, 6) is -38.0. The summed E-state index contributed by atoms with van der Waals surface area (Å²) in [6.45, 7) is -1.47. The Morgan fingerprint density at radius 1 is 0.692 bits per heavy atom. The van der Waals surface area contributed by atoms with Gasteiger partial charge in [0.25, 0.3) is 0 Å². The summed E-state index contributed by atoms with van der Waals surface area (Å²) in [4.78, 5) is 10.7. The quantitative estimate of drug-likeness (QED) is 0.276. The average molecular weight is 531 g/mol. The molecule has 26 heavy (non-hydrogen) atoms. The zero-order chi connectivity index (χ0) is 21.4. The summed E-state index contributed by atoms with van der Waals surface area (Å²) in [6.07, 6.45) is -9.87.